The summed E-state index contributed by atoms with van der Waals surface area (Å²) >= 11 is 0. The Morgan fingerprint density at radius 2 is 1.55 bits per heavy atom. The number of carbonyl (C=O) groups is 3. The molecule has 1 unspecified atom stereocenters. The summed E-state index contributed by atoms with van der Waals surface area (Å²) in [5, 5.41) is 3.02. The first-order valence-corrected chi connectivity index (χ1v) is 11.6. The van der Waals surface area contributed by atoms with Crippen LogP contribution in [-0.2, 0) is 4.79 Å². The van der Waals surface area contributed by atoms with Crippen molar-refractivity contribution < 1.29 is 19.1 Å². The molecule has 2 aliphatic rings. The normalized spacial score (nSPS) is 17.5. The standard InChI is InChI=1S/C26H31N3O4/c1-33-22-11-7-10-21(18-22)25(31)29-16-12-19(13-17-29)23(26(32)28-14-5-6-15-28)27-24(30)20-8-3-2-4-9-20/h2-4,7-11,18-19,23H,5-6,12-17H2,1H3,(H,27,30). The second-order valence-corrected chi connectivity index (χ2v) is 8.71. The number of methoxy groups -OCH3 is 1. The van der Waals surface area contributed by atoms with E-state index < -0.39 is 6.04 Å². The molecule has 2 saturated heterocycles. The number of piperidine rings is 1. The second-order valence-electron chi connectivity index (χ2n) is 8.71. The van der Waals surface area contributed by atoms with Crippen molar-refractivity contribution in [3.8, 4) is 5.75 Å². The quantitative estimate of drug-likeness (QED) is 0.736. The van der Waals surface area contributed by atoms with Gasteiger partial charge in [0.2, 0.25) is 5.91 Å². The SMILES string of the molecule is COc1cccc(C(=O)N2CCC(C(NC(=O)c3ccccc3)C(=O)N3CCCC3)CC2)c1. The van der Waals surface area contributed by atoms with E-state index in [1.54, 1.807) is 31.4 Å². The van der Waals surface area contributed by atoms with Crippen LogP contribution >= 0.6 is 0 Å². The van der Waals surface area contributed by atoms with Crippen LogP contribution in [0.15, 0.2) is 54.6 Å². The average molecular weight is 450 g/mol. The van der Waals surface area contributed by atoms with Crippen LogP contribution < -0.4 is 10.1 Å². The van der Waals surface area contributed by atoms with Crippen LogP contribution in [0.4, 0.5) is 0 Å². The molecule has 0 aromatic heterocycles. The molecule has 33 heavy (non-hydrogen) atoms. The Balaban J connectivity index is 1.44. The number of carbonyl (C=O) groups excluding carboxylic acids is 3. The molecule has 174 valence electrons. The Bertz CT molecular complexity index is 980. The summed E-state index contributed by atoms with van der Waals surface area (Å²) in [6, 6.07) is 15.6. The maximum absolute atomic E-state index is 13.3. The second kappa shape index (κ2) is 10.5. The first-order chi connectivity index (χ1) is 16.1. The van der Waals surface area contributed by atoms with Gasteiger partial charge in [-0.3, -0.25) is 14.4 Å². The number of hydrogen-bond acceptors (Lipinski definition) is 4. The van der Waals surface area contributed by atoms with Gasteiger partial charge in [-0.2, -0.15) is 0 Å². The number of rotatable bonds is 6. The fourth-order valence-corrected chi connectivity index (χ4v) is 4.70. The number of amides is 3. The fourth-order valence-electron chi connectivity index (χ4n) is 4.70. The number of hydrogen-bond donors (Lipinski definition) is 1. The van der Waals surface area contributed by atoms with Gasteiger partial charge in [-0.05, 0) is 61.9 Å². The first kappa shape index (κ1) is 22.8. The van der Waals surface area contributed by atoms with E-state index in [0.717, 1.165) is 25.9 Å². The van der Waals surface area contributed by atoms with E-state index in [9.17, 15) is 14.4 Å². The smallest absolute Gasteiger partial charge is 0.253 e. The predicted molar refractivity (Wildman–Crippen MR) is 125 cm³/mol. The van der Waals surface area contributed by atoms with Crippen LogP contribution in [0.2, 0.25) is 0 Å². The highest BCUT2D eigenvalue weighted by atomic mass is 16.5. The molecule has 2 aliphatic heterocycles. The molecule has 7 heteroatoms. The molecule has 0 spiro atoms. The van der Waals surface area contributed by atoms with E-state index in [2.05, 4.69) is 5.32 Å². The maximum atomic E-state index is 13.3. The highest BCUT2D eigenvalue weighted by Gasteiger charge is 2.37. The maximum Gasteiger partial charge on any atom is 0.253 e. The Kier molecular flexibility index (Phi) is 7.27. The predicted octanol–water partition coefficient (Wildman–Crippen LogP) is 2.97. The van der Waals surface area contributed by atoms with Crippen molar-refractivity contribution in [3.05, 3.63) is 65.7 Å². The number of nitrogens with one attached hydrogen (secondary N) is 1. The van der Waals surface area contributed by atoms with Crippen molar-refractivity contribution in [3.63, 3.8) is 0 Å². The van der Waals surface area contributed by atoms with E-state index in [-0.39, 0.29) is 23.6 Å². The Morgan fingerprint density at radius 1 is 0.879 bits per heavy atom. The summed E-state index contributed by atoms with van der Waals surface area (Å²) in [6.45, 7) is 2.57. The molecule has 1 atom stereocenters. The zero-order valence-electron chi connectivity index (χ0n) is 19.0. The van der Waals surface area contributed by atoms with E-state index in [0.29, 0.717) is 42.8 Å². The fraction of sp³-hybridized carbons (Fsp3) is 0.423. The van der Waals surface area contributed by atoms with E-state index in [1.807, 2.05) is 40.1 Å². The molecule has 4 rings (SSSR count). The molecular formula is C26H31N3O4. The molecular weight excluding hydrogens is 418 g/mol. The Hall–Kier alpha value is -3.35. The Morgan fingerprint density at radius 3 is 2.21 bits per heavy atom. The van der Waals surface area contributed by atoms with Crippen LogP contribution in [0.1, 0.15) is 46.4 Å². The van der Waals surface area contributed by atoms with Gasteiger partial charge in [0.1, 0.15) is 11.8 Å². The van der Waals surface area contributed by atoms with E-state index >= 15 is 0 Å². The van der Waals surface area contributed by atoms with Crippen molar-refractivity contribution in [1.82, 2.24) is 15.1 Å². The van der Waals surface area contributed by atoms with Gasteiger partial charge >= 0.3 is 0 Å². The Labute approximate surface area is 194 Å². The highest BCUT2D eigenvalue weighted by molar-refractivity contribution is 5.98. The zero-order valence-corrected chi connectivity index (χ0v) is 19.0. The van der Waals surface area contributed by atoms with Crippen molar-refractivity contribution in [1.29, 1.82) is 0 Å². The number of nitrogens with zero attached hydrogens (tertiary/aromatic N) is 2. The minimum atomic E-state index is -0.579. The lowest BCUT2D eigenvalue weighted by molar-refractivity contribution is -0.134. The highest BCUT2D eigenvalue weighted by Crippen LogP contribution is 2.25. The lowest BCUT2D eigenvalue weighted by Crippen LogP contribution is -2.54. The largest absolute Gasteiger partial charge is 0.497 e. The minimum Gasteiger partial charge on any atom is -0.497 e. The summed E-state index contributed by atoms with van der Waals surface area (Å²) < 4.78 is 5.24. The first-order valence-electron chi connectivity index (χ1n) is 11.6. The van der Waals surface area contributed by atoms with Crippen molar-refractivity contribution in [2.75, 3.05) is 33.3 Å². The van der Waals surface area contributed by atoms with E-state index in [1.165, 1.54) is 0 Å². The molecule has 0 bridgehead atoms. The van der Waals surface area contributed by atoms with Gasteiger partial charge in [-0.15, -0.1) is 0 Å². The van der Waals surface area contributed by atoms with Crippen LogP contribution in [0.25, 0.3) is 0 Å². The molecule has 7 nitrogen and oxygen atoms in total. The molecule has 2 aromatic carbocycles. The lowest BCUT2D eigenvalue weighted by atomic mass is 9.88. The third kappa shape index (κ3) is 5.35. The summed E-state index contributed by atoms with van der Waals surface area (Å²) in [5.74, 6) is 0.358. The van der Waals surface area contributed by atoms with Crippen LogP contribution in [0.5, 0.6) is 5.75 Å². The summed E-state index contributed by atoms with van der Waals surface area (Å²) in [6.07, 6.45) is 3.32. The molecule has 2 heterocycles. The van der Waals surface area contributed by atoms with Crippen LogP contribution in [0.3, 0.4) is 0 Å². The van der Waals surface area contributed by atoms with Gasteiger partial charge in [0.05, 0.1) is 7.11 Å². The lowest BCUT2D eigenvalue weighted by Gasteiger charge is -2.37. The van der Waals surface area contributed by atoms with Crippen molar-refractivity contribution in [2.24, 2.45) is 5.92 Å². The third-order valence-corrected chi connectivity index (χ3v) is 6.62. The number of likely N-dealkylation sites (tertiary alicyclic amines) is 2. The van der Waals surface area contributed by atoms with Crippen LogP contribution in [-0.4, -0.2) is 66.9 Å². The topological polar surface area (TPSA) is 79.0 Å². The molecule has 0 saturated carbocycles. The molecule has 0 radical (unpaired) electrons. The summed E-state index contributed by atoms with van der Waals surface area (Å²) in [4.78, 5) is 42.9. The summed E-state index contributed by atoms with van der Waals surface area (Å²) in [7, 11) is 1.58. The van der Waals surface area contributed by atoms with Crippen molar-refractivity contribution in [2.45, 2.75) is 31.7 Å². The zero-order chi connectivity index (χ0) is 23.2. The number of ether oxygens (including phenoxy) is 1. The van der Waals surface area contributed by atoms with Gasteiger partial charge < -0.3 is 19.9 Å². The minimum absolute atomic E-state index is 0.00523. The van der Waals surface area contributed by atoms with Gasteiger partial charge in [0.15, 0.2) is 0 Å². The monoisotopic (exact) mass is 449 g/mol. The van der Waals surface area contributed by atoms with Gasteiger partial charge in [0, 0.05) is 37.3 Å². The molecule has 0 aliphatic carbocycles. The molecule has 3 amide bonds. The van der Waals surface area contributed by atoms with Gasteiger partial charge in [-0.25, -0.2) is 0 Å². The van der Waals surface area contributed by atoms with Gasteiger partial charge in [-0.1, -0.05) is 24.3 Å². The number of benzene rings is 2. The molecule has 2 aromatic rings. The average Bonchev–Trinajstić information content (AvgIpc) is 3.42. The molecule has 1 N–H and O–H groups in total. The van der Waals surface area contributed by atoms with Crippen molar-refractivity contribution >= 4 is 17.7 Å². The molecule has 2 fully saturated rings. The van der Waals surface area contributed by atoms with Crippen LogP contribution in [0, 0.1) is 5.92 Å². The van der Waals surface area contributed by atoms with Gasteiger partial charge in [0.25, 0.3) is 11.8 Å². The third-order valence-electron chi connectivity index (χ3n) is 6.62. The van der Waals surface area contributed by atoms with E-state index in [4.69, 9.17) is 4.74 Å². The summed E-state index contributed by atoms with van der Waals surface area (Å²) in [5.41, 5.74) is 1.14.